The highest BCUT2D eigenvalue weighted by atomic mass is 16.4. The topological polar surface area (TPSA) is 79.5 Å². The number of aromatic carboxylic acids is 1. The van der Waals surface area contributed by atoms with E-state index in [1.807, 2.05) is 44.2 Å². The van der Waals surface area contributed by atoms with E-state index in [0.29, 0.717) is 5.76 Å². The van der Waals surface area contributed by atoms with Gasteiger partial charge in [-0.15, -0.1) is 0 Å². The fourth-order valence-corrected chi connectivity index (χ4v) is 2.37. The summed E-state index contributed by atoms with van der Waals surface area (Å²) >= 11 is 0. The minimum absolute atomic E-state index is 0.102. The van der Waals surface area contributed by atoms with Gasteiger partial charge in [0.25, 0.3) is 0 Å². The van der Waals surface area contributed by atoms with E-state index in [1.54, 1.807) is 6.07 Å². The predicted octanol–water partition coefficient (Wildman–Crippen LogP) is 3.03. The van der Waals surface area contributed by atoms with Crippen molar-refractivity contribution in [1.29, 1.82) is 0 Å². The number of hydrogen-bond acceptors (Lipinski definition) is 3. The number of hydrogen-bond donors (Lipinski definition) is 2. The Kier molecular flexibility index (Phi) is 4.99. The molecule has 1 aromatic heterocycles. The van der Waals surface area contributed by atoms with Crippen molar-refractivity contribution in [2.75, 3.05) is 0 Å². The lowest BCUT2D eigenvalue weighted by atomic mass is 9.87. The van der Waals surface area contributed by atoms with Crippen LogP contribution in [0.1, 0.15) is 41.6 Å². The molecule has 5 nitrogen and oxygen atoms in total. The normalized spacial score (nSPS) is 12.1. The summed E-state index contributed by atoms with van der Waals surface area (Å²) in [6.07, 6.45) is 0. The lowest BCUT2D eigenvalue weighted by Crippen LogP contribution is -2.31. The zero-order chi connectivity index (χ0) is 16.1. The van der Waals surface area contributed by atoms with E-state index < -0.39 is 5.97 Å². The van der Waals surface area contributed by atoms with E-state index in [1.165, 1.54) is 6.07 Å². The molecule has 0 saturated heterocycles. The zero-order valence-corrected chi connectivity index (χ0v) is 12.6. The molecule has 2 aromatic rings. The second kappa shape index (κ2) is 6.93. The van der Waals surface area contributed by atoms with E-state index in [0.717, 1.165) is 5.56 Å². The first kappa shape index (κ1) is 15.8. The molecule has 22 heavy (non-hydrogen) atoms. The fraction of sp³-hybridized carbons (Fsp3) is 0.294. The van der Waals surface area contributed by atoms with Crippen LogP contribution in [-0.2, 0) is 11.3 Å². The van der Waals surface area contributed by atoms with E-state index in [-0.39, 0.29) is 30.0 Å². The first-order chi connectivity index (χ1) is 10.5. The van der Waals surface area contributed by atoms with Gasteiger partial charge in [-0.3, -0.25) is 4.79 Å². The standard InChI is InChI=1S/C17H19NO4/c1-11(2)15(12-6-4-3-5-7-12)16(19)18-10-13-8-9-14(22-13)17(20)21/h3-9,11,15H,10H2,1-2H3,(H,18,19)(H,20,21). The predicted molar refractivity (Wildman–Crippen MR) is 81.5 cm³/mol. The van der Waals surface area contributed by atoms with Crippen LogP contribution in [0.25, 0.3) is 0 Å². The number of carboxylic acid groups (broad SMARTS) is 1. The molecular formula is C17H19NO4. The molecule has 0 fully saturated rings. The lowest BCUT2D eigenvalue weighted by molar-refractivity contribution is -0.123. The Morgan fingerprint density at radius 1 is 1.14 bits per heavy atom. The first-order valence-corrected chi connectivity index (χ1v) is 7.13. The van der Waals surface area contributed by atoms with Gasteiger partial charge in [-0.2, -0.15) is 0 Å². The molecule has 0 aliphatic carbocycles. The minimum atomic E-state index is -1.12. The van der Waals surface area contributed by atoms with Crippen LogP contribution in [0.2, 0.25) is 0 Å². The van der Waals surface area contributed by atoms with Crippen molar-refractivity contribution in [3.8, 4) is 0 Å². The van der Waals surface area contributed by atoms with Gasteiger partial charge in [-0.05, 0) is 23.6 Å². The van der Waals surface area contributed by atoms with Crippen LogP contribution < -0.4 is 5.32 Å². The van der Waals surface area contributed by atoms with E-state index in [9.17, 15) is 9.59 Å². The molecule has 1 aromatic carbocycles. The van der Waals surface area contributed by atoms with E-state index >= 15 is 0 Å². The molecule has 0 radical (unpaired) electrons. The van der Waals surface area contributed by atoms with Crippen molar-refractivity contribution in [2.45, 2.75) is 26.3 Å². The first-order valence-electron chi connectivity index (χ1n) is 7.13. The third-order valence-corrected chi connectivity index (χ3v) is 3.42. The number of rotatable bonds is 6. The van der Waals surface area contributed by atoms with Gasteiger partial charge in [0, 0.05) is 0 Å². The summed E-state index contributed by atoms with van der Waals surface area (Å²) in [7, 11) is 0. The van der Waals surface area contributed by atoms with Gasteiger partial charge in [-0.1, -0.05) is 44.2 Å². The molecule has 0 aliphatic rings. The Labute approximate surface area is 129 Å². The lowest BCUT2D eigenvalue weighted by Gasteiger charge is -2.20. The summed E-state index contributed by atoms with van der Waals surface area (Å²) < 4.78 is 5.13. The van der Waals surface area contributed by atoms with Gasteiger partial charge in [0.05, 0.1) is 12.5 Å². The SMILES string of the molecule is CC(C)C(C(=O)NCc1ccc(C(=O)O)o1)c1ccccc1. The maximum absolute atomic E-state index is 12.4. The number of benzene rings is 1. The van der Waals surface area contributed by atoms with Crippen LogP contribution in [0.3, 0.4) is 0 Å². The number of nitrogens with one attached hydrogen (secondary N) is 1. The quantitative estimate of drug-likeness (QED) is 0.859. The average Bonchev–Trinajstić information content (AvgIpc) is 2.95. The van der Waals surface area contributed by atoms with Crippen LogP contribution in [-0.4, -0.2) is 17.0 Å². The molecule has 0 saturated carbocycles. The number of carboxylic acids is 1. The second-order valence-corrected chi connectivity index (χ2v) is 5.42. The maximum Gasteiger partial charge on any atom is 0.371 e. The van der Waals surface area contributed by atoms with Crippen molar-refractivity contribution >= 4 is 11.9 Å². The number of carbonyl (C=O) groups is 2. The van der Waals surface area contributed by atoms with E-state index in [2.05, 4.69) is 5.32 Å². The van der Waals surface area contributed by atoms with Gasteiger partial charge >= 0.3 is 5.97 Å². The molecular weight excluding hydrogens is 282 g/mol. The molecule has 0 spiro atoms. The molecule has 2 rings (SSSR count). The number of furan rings is 1. The summed E-state index contributed by atoms with van der Waals surface area (Å²) in [5, 5.41) is 11.6. The van der Waals surface area contributed by atoms with Crippen LogP contribution >= 0.6 is 0 Å². The van der Waals surface area contributed by atoms with Gasteiger partial charge in [0.2, 0.25) is 11.7 Å². The Bertz CT molecular complexity index is 646. The largest absolute Gasteiger partial charge is 0.475 e. The van der Waals surface area contributed by atoms with Crippen LogP contribution in [0.5, 0.6) is 0 Å². The molecule has 1 heterocycles. The van der Waals surface area contributed by atoms with Gasteiger partial charge < -0.3 is 14.8 Å². The minimum Gasteiger partial charge on any atom is -0.475 e. The van der Waals surface area contributed by atoms with Crippen LogP contribution in [0.15, 0.2) is 46.9 Å². The van der Waals surface area contributed by atoms with Crippen LogP contribution in [0.4, 0.5) is 0 Å². The van der Waals surface area contributed by atoms with Crippen molar-refractivity contribution in [3.63, 3.8) is 0 Å². The smallest absolute Gasteiger partial charge is 0.371 e. The van der Waals surface area contributed by atoms with Crippen molar-refractivity contribution in [1.82, 2.24) is 5.32 Å². The Hall–Kier alpha value is -2.56. The summed E-state index contributed by atoms with van der Waals surface area (Å²) in [6, 6.07) is 12.5. The van der Waals surface area contributed by atoms with Crippen molar-refractivity contribution in [2.24, 2.45) is 5.92 Å². The Morgan fingerprint density at radius 2 is 1.82 bits per heavy atom. The molecule has 0 bridgehead atoms. The summed E-state index contributed by atoms with van der Waals surface area (Å²) in [6.45, 7) is 4.15. The molecule has 2 N–H and O–H groups in total. The molecule has 1 amide bonds. The van der Waals surface area contributed by atoms with Crippen molar-refractivity contribution < 1.29 is 19.1 Å². The van der Waals surface area contributed by atoms with Crippen molar-refractivity contribution in [3.05, 3.63) is 59.5 Å². The summed E-state index contributed by atoms with van der Waals surface area (Å²) in [5.41, 5.74) is 0.959. The molecule has 0 aliphatic heterocycles. The zero-order valence-electron chi connectivity index (χ0n) is 12.6. The number of amides is 1. The second-order valence-electron chi connectivity index (χ2n) is 5.42. The molecule has 1 atom stereocenters. The van der Waals surface area contributed by atoms with Gasteiger partial charge in [0.1, 0.15) is 5.76 Å². The average molecular weight is 301 g/mol. The highest BCUT2D eigenvalue weighted by Crippen LogP contribution is 2.24. The Morgan fingerprint density at radius 3 is 2.36 bits per heavy atom. The highest BCUT2D eigenvalue weighted by Gasteiger charge is 2.24. The molecule has 116 valence electrons. The monoisotopic (exact) mass is 301 g/mol. The fourth-order valence-electron chi connectivity index (χ4n) is 2.37. The molecule has 1 unspecified atom stereocenters. The maximum atomic E-state index is 12.4. The summed E-state index contributed by atoms with van der Waals surface area (Å²) in [5.74, 6) is -1.05. The van der Waals surface area contributed by atoms with E-state index in [4.69, 9.17) is 9.52 Å². The van der Waals surface area contributed by atoms with Crippen LogP contribution in [0, 0.1) is 5.92 Å². The third-order valence-electron chi connectivity index (χ3n) is 3.42. The Balaban J connectivity index is 2.04. The number of carbonyl (C=O) groups excluding carboxylic acids is 1. The molecule has 5 heteroatoms. The van der Waals surface area contributed by atoms with Gasteiger partial charge in [-0.25, -0.2) is 4.79 Å². The van der Waals surface area contributed by atoms with Gasteiger partial charge in [0.15, 0.2) is 0 Å². The third kappa shape index (κ3) is 3.75. The summed E-state index contributed by atoms with van der Waals surface area (Å²) in [4.78, 5) is 23.2. The highest BCUT2D eigenvalue weighted by molar-refractivity contribution is 5.85.